The molecule has 0 fully saturated rings. The number of ether oxygens (including phenoxy) is 2. The molecule has 2 rings (SSSR count). The van der Waals surface area contributed by atoms with Crippen molar-refractivity contribution in [2.45, 2.75) is 52.7 Å². The number of amides is 1. The molecular formula is C15H23NO3S. The lowest BCUT2D eigenvalue weighted by atomic mass is 10.1. The molecule has 1 aliphatic heterocycles. The van der Waals surface area contributed by atoms with E-state index in [0.29, 0.717) is 6.61 Å². The molecule has 0 saturated carbocycles. The topological polar surface area (TPSA) is 38.8 Å². The molecule has 1 aliphatic rings. The van der Waals surface area contributed by atoms with Crippen molar-refractivity contribution in [3.63, 3.8) is 0 Å². The normalized spacial score (nSPS) is 18.2. The molecule has 1 aromatic heterocycles. The maximum Gasteiger partial charge on any atom is 0.410 e. The quantitative estimate of drug-likeness (QED) is 0.796. The van der Waals surface area contributed by atoms with Crippen LogP contribution in [0.3, 0.4) is 0 Å². The SMILES string of the molecule is Cc1sc2c(c1C)OCC(N(C)C(=O)OC(C)(C)C)C2. The van der Waals surface area contributed by atoms with Gasteiger partial charge in [-0.05, 0) is 34.6 Å². The summed E-state index contributed by atoms with van der Waals surface area (Å²) in [6, 6.07) is 0.0369. The van der Waals surface area contributed by atoms with Crippen LogP contribution in [0.2, 0.25) is 0 Å². The van der Waals surface area contributed by atoms with Gasteiger partial charge in [-0.2, -0.15) is 0 Å². The van der Waals surface area contributed by atoms with Crippen LogP contribution in [0.25, 0.3) is 0 Å². The highest BCUT2D eigenvalue weighted by molar-refractivity contribution is 7.12. The van der Waals surface area contributed by atoms with Crippen molar-refractivity contribution in [2.24, 2.45) is 0 Å². The second-order valence-electron chi connectivity index (χ2n) is 6.30. The van der Waals surface area contributed by atoms with E-state index in [1.165, 1.54) is 15.3 Å². The van der Waals surface area contributed by atoms with Crippen molar-refractivity contribution < 1.29 is 14.3 Å². The van der Waals surface area contributed by atoms with Crippen LogP contribution in [-0.4, -0.2) is 36.3 Å². The molecule has 0 radical (unpaired) electrons. The first-order valence-electron chi connectivity index (χ1n) is 6.86. The Bertz CT molecular complexity index is 516. The van der Waals surface area contributed by atoms with E-state index in [1.54, 1.807) is 23.3 Å². The zero-order chi connectivity index (χ0) is 15.1. The van der Waals surface area contributed by atoms with Gasteiger partial charge in [0.25, 0.3) is 0 Å². The van der Waals surface area contributed by atoms with Gasteiger partial charge in [-0.15, -0.1) is 11.3 Å². The Morgan fingerprint density at radius 1 is 1.40 bits per heavy atom. The smallest absolute Gasteiger partial charge is 0.410 e. The second kappa shape index (κ2) is 5.28. The van der Waals surface area contributed by atoms with Gasteiger partial charge in [-0.25, -0.2) is 4.79 Å². The summed E-state index contributed by atoms with van der Waals surface area (Å²) in [5.41, 5.74) is 0.755. The predicted octanol–water partition coefficient (Wildman–Crippen LogP) is 3.54. The Morgan fingerprint density at radius 2 is 2.05 bits per heavy atom. The molecule has 4 nitrogen and oxygen atoms in total. The van der Waals surface area contributed by atoms with Gasteiger partial charge in [0.05, 0.1) is 6.04 Å². The van der Waals surface area contributed by atoms with E-state index in [1.807, 2.05) is 20.8 Å². The number of fused-ring (bicyclic) bond motifs is 1. The lowest BCUT2D eigenvalue weighted by molar-refractivity contribution is 0.0161. The number of thiophene rings is 1. The molecule has 0 saturated heterocycles. The number of likely N-dealkylation sites (N-methyl/N-ethyl adjacent to an activating group) is 1. The van der Waals surface area contributed by atoms with E-state index >= 15 is 0 Å². The highest BCUT2D eigenvalue weighted by atomic mass is 32.1. The Morgan fingerprint density at radius 3 is 2.65 bits per heavy atom. The van der Waals surface area contributed by atoms with Crippen LogP contribution in [0, 0.1) is 13.8 Å². The molecule has 1 aromatic rings. The van der Waals surface area contributed by atoms with E-state index in [9.17, 15) is 4.79 Å². The van der Waals surface area contributed by atoms with Crippen molar-refractivity contribution in [3.05, 3.63) is 15.3 Å². The fourth-order valence-corrected chi connectivity index (χ4v) is 3.38. The average Bonchev–Trinajstić information content (AvgIpc) is 2.61. The Balaban J connectivity index is 2.07. The van der Waals surface area contributed by atoms with Crippen molar-refractivity contribution >= 4 is 17.4 Å². The van der Waals surface area contributed by atoms with E-state index in [-0.39, 0.29) is 12.1 Å². The Labute approximate surface area is 124 Å². The van der Waals surface area contributed by atoms with Crippen LogP contribution in [0.15, 0.2) is 0 Å². The number of carbonyl (C=O) groups excluding carboxylic acids is 1. The van der Waals surface area contributed by atoms with Crippen LogP contribution >= 0.6 is 11.3 Å². The van der Waals surface area contributed by atoms with Crippen LogP contribution in [0.1, 0.15) is 36.1 Å². The van der Waals surface area contributed by atoms with Gasteiger partial charge in [0.15, 0.2) is 0 Å². The number of rotatable bonds is 1. The van der Waals surface area contributed by atoms with Gasteiger partial charge < -0.3 is 14.4 Å². The fraction of sp³-hybridized carbons (Fsp3) is 0.667. The molecule has 1 atom stereocenters. The first kappa shape index (κ1) is 15.2. The fourth-order valence-electron chi connectivity index (χ4n) is 2.18. The van der Waals surface area contributed by atoms with Crippen LogP contribution in [-0.2, 0) is 11.2 Å². The zero-order valence-corrected chi connectivity index (χ0v) is 13.9. The van der Waals surface area contributed by atoms with Gasteiger partial charge in [-0.1, -0.05) is 0 Å². The van der Waals surface area contributed by atoms with Gasteiger partial charge in [0.2, 0.25) is 0 Å². The first-order valence-corrected chi connectivity index (χ1v) is 7.68. The summed E-state index contributed by atoms with van der Waals surface area (Å²) < 4.78 is 11.3. The molecular weight excluding hydrogens is 274 g/mol. The first-order chi connectivity index (χ1) is 9.19. The second-order valence-corrected chi connectivity index (χ2v) is 7.61. The van der Waals surface area contributed by atoms with Crippen molar-refractivity contribution in [3.8, 4) is 5.75 Å². The third-order valence-corrected chi connectivity index (χ3v) is 4.68. The van der Waals surface area contributed by atoms with Crippen LogP contribution in [0.5, 0.6) is 5.75 Å². The minimum absolute atomic E-state index is 0.0369. The molecule has 0 N–H and O–H groups in total. The Kier molecular flexibility index (Phi) is 4.00. The molecule has 0 aromatic carbocycles. The number of nitrogens with zero attached hydrogens (tertiary/aromatic N) is 1. The third-order valence-electron chi connectivity index (χ3n) is 3.47. The summed E-state index contributed by atoms with van der Waals surface area (Å²) in [6.07, 6.45) is 0.546. The standard InChI is InChI=1S/C15H23NO3S/c1-9-10(2)20-12-7-11(8-18-13(9)12)16(6)14(17)19-15(3,4)5/h11H,7-8H2,1-6H3. The highest BCUT2D eigenvalue weighted by Crippen LogP contribution is 2.38. The lowest BCUT2D eigenvalue weighted by Gasteiger charge is -2.32. The summed E-state index contributed by atoms with van der Waals surface area (Å²) in [7, 11) is 1.78. The molecule has 2 heterocycles. The number of carbonyl (C=O) groups is 1. The third kappa shape index (κ3) is 3.08. The van der Waals surface area contributed by atoms with E-state index in [2.05, 4.69) is 13.8 Å². The maximum atomic E-state index is 12.1. The maximum absolute atomic E-state index is 12.1. The molecule has 20 heavy (non-hydrogen) atoms. The molecule has 0 spiro atoms. The Hall–Kier alpha value is -1.23. The monoisotopic (exact) mass is 297 g/mol. The minimum Gasteiger partial charge on any atom is -0.490 e. The van der Waals surface area contributed by atoms with Gasteiger partial charge in [-0.3, -0.25) is 0 Å². The summed E-state index contributed by atoms with van der Waals surface area (Å²) in [5, 5.41) is 0. The summed E-state index contributed by atoms with van der Waals surface area (Å²) in [6.45, 7) is 10.3. The van der Waals surface area contributed by atoms with Crippen molar-refractivity contribution in [1.29, 1.82) is 0 Å². The highest BCUT2D eigenvalue weighted by Gasteiger charge is 2.31. The van der Waals surface area contributed by atoms with Crippen LogP contribution in [0.4, 0.5) is 4.79 Å². The largest absolute Gasteiger partial charge is 0.490 e. The zero-order valence-electron chi connectivity index (χ0n) is 13.1. The number of hydrogen-bond acceptors (Lipinski definition) is 4. The predicted molar refractivity (Wildman–Crippen MR) is 80.8 cm³/mol. The summed E-state index contributed by atoms with van der Waals surface area (Å²) in [4.78, 5) is 16.3. The van der Waals surface area contributed by atoms with Gasteiger partial charge in [0, 0.05) is 28.8 Å². The van der Waals surface area contributed by atoms with Gasteiger partial charge >= 0.3 is 6.09 Å². The van der Waals surface area contributed by atoms with E-state index in [4.69, 9.17) is 9.47 Å². The number of aryl methyl sites for hydroxylation is 1. The van der Waals surface area contributed by atoms with Gasteiger partial charge in [0.1, 0.15) is 18.0 Å². The molecule has 1 unspecified atom stereocenters. The minimum atomic E-state index is -0.470. The summed E-state index contributed by atoms with van der Waals surface area (Å²) in [5.74, 6) is 1.02. The molecule has 1 amide bonds. The van der Waals surface area contributed by atoms with Crippen molar-refractivity contribution in [2.75, 3.05) is 13.7 Å². The summed E-state index contributed by atoms with van der Waals surface area (Å²) >= 11 is 1.76. The van der Waals surface area contributed by atoms with Crippen molar-refractivity contribution in [1.82, 2.24) is 4.90 Å². The molecule has 0 bridgehead atoms. The average molecular weight is 297 g/mol. The molecule has 5 heteroatoms. The molecule has 0 aliphatic carbocycles. The van der Waals surface area contributed by atoms with E-state index < -0.39 is 5.60 Å². The van der Waals surface area contributed by atoms with E-state index in [0.717, 1.165) is 12.2 Å². The molecule has 112 valence electrons. The van der Waals surface area contributed by atoms with Crippen LogP contribution < -0.4 is 4.74 Å². The lowest BCUT2D eigenvalue weighted by Crippen LogP contribution is -2.45. The number of hydrogen-bond donors (Lipinski definition) is 0.